The van der Waals surface area contributed by atoms with E-state index in [9.17, 15) is 9.90 Å². The molecule has 0 spiro atoms. The zero-order valence-electron chi connectivity index (χ0n) is 17.6. The molecule has 0 bridgehead atoms. The Labute approximate surface area is 189 Å². The Kier molecular flexibility index (Phi) is 5.34. The number of aliphatic hydroxyl groups excluding tert-OH is 1. The van der Waals surface area contributed by atoms with Crippen LogP contribution >= 0.6 is 11.6 Å². The Morgan fingerprint density at radius 2 is 2.09 bits per heavy atom. The van der Waals surface area contributed by atoms with Gasteiger partial charge in [-0.2, -0.15) is 0 Å². The number of aliphatic hydroxyl groups is 1. The highest BCUT2D eigenvalue weighted by atomic mass is 35.5. The monoisotopic (exact) mass is 462 g/mol. The molecule has 5 unspecified atom stereocenters. The molecule has 2 saturated heterocycles. The molecular formula is C22H23ClN2O7. The van der Waals surface area contributed by atoms with Crippen molar-refractivity contribution in [3.63, 3.8) is 0 Å². The number of hydrogen-bond donors (Lipinski definition) is 1. The summed E-state index contributed by atoms with van der Waals surface area (Å²) in [6, 6.07) is 9.08. The zero-order chi connectivity index (χ0) is 22.5. The van der Waals surface area contributed by atoms with E-state index in [1.165, 1.54) is 6.20 Å². The summed E-state index contributed by atoms with van der Waals surface area (Å²) in [6.45, 7) is 3.14. The van der Waals surface area contributed by atoms with E-state index in [1.54, 1.807) is 19.9 Å². The highest BCUT2D eigenvalue weighted by Crippen LogP contribution is 2.43. The quantitative estimate of drug-likeness (QED) is 0.510. The van der Waals surface area contributed by atoms with E-state index in [-0.39, 0.29) is 30.5 Å². The minimum absolute atomic E-state index is 0.00489. The fourth-order valence-corrected chi connectivity index (χ4v) is 4.12. The lowest BCUT2D eigenvalue weighted by Gasteiger charge is -2.26. The summed E-state index contributed by atoms with van der Waals surface area (Å²) in [5.41, 5.74) is 1.23. The van der Waals surface area contributed by atoms with Gasteiger partial charge < -0.3 is 28.8 Å². The Hall–Kier alpha value is -2.30. The molecule has 1 aromatic carbocycles. The number of carbonyl (C=O) groups is 1. The van der Waals surface area contributed by atoms with Gasteiger partial charge in [0.25, 0.3) is 0 Å². The Balaban J connectivity index is 1.32. The Bertz CT molecular complexity index is 1030. The number of alkyl halides is 1. The van der Waals surface area contributed by atoms with Crippen molar-refractivity contribution in [3.05, 3.63) is 42.4 Å². The van der Waals surface area contributed by atoms with Gasteiger partial charge in [-0.15, -0.1) is 11.6 Å². The first kappa shape index (κ1) is 21.5. The number of carbonyl (C=O) groups excluding carboxylic acids is 1. The van der Waals surface area contributed by atoms with Crippen molar-refractivity contribution in [1.82, 2.24) is 9.97 Å². The third-order valence-corrected chi connectivity index (χ3v) is 5.91. The molecule has 5 atom stereocenters. The summed E-state index contributed by atoms with van der Waals surface area (Å²) in [4.78, 5) is 21.1. The molecule has 3 fully saturated rings. The maximum absolute atomic E-state index is 12.7. The first-order valence-electron chi connectivity index (χ1n) is 10.4. The third-order valence-electron chi connectivity index (χ3n) is 5.45. The smallest absolute Gasteiger partial charge is 0.376 e. The van der Waals surface area contributed by atoms with Gasteiger partial charge in [-0.25, -0.2) is 14.8 Å². The van der Waals surface area contributed by atoms with Crippen molar-refractivity contribution >= 4 is 17.6 Å². The van der Waals surface area contributed by atoms with Crippen molar-refractivity contribution in [3.8, 4) is 17.0 Å². The number of benzene rings is 1. The molecule has 1 aliphatic carbocycles. The van der Waals surface area contributed by atoms with Crippen LogP contribution in [-0.4, -0.2) is 69.5 Å². The van der Waals surface area contributed by atoms with Crippen LogP contribution in [0.5, 0.6) is 5.75 Å². The van der Waals surface area contributed by atoms with Crippen molar-refractivity contribution in [2.24, 2.45) is 0 Å². The third kappa shape index (κ3) is 4.06. The van der Waals surface area contributed by atoms with Crippen LogP contribution in [0.1, 0.15) is 30.9 Å². The molecule has 0 amide bonds. The Morgan fingerprint density at radius 1 is 1.31 bits per heavy atom. The molecule has 10 heteroatoms. The number of hydrogen-bond acceptors (Lipinski definition) is 9. The van der Waals surface area contributed by atoms with E-state index in [0.29, 0.717) is 11.4 Å². The fraction of sp³-hybridized carbons (Fsp3) is 0.500. The average Bonchev–Trinajstić information content (AvgIpc) is 3.28. The van der Waals surface area contributed by atoms with E-state index in [4.69, 9.17) is 35.3 Å². The molecule has 3 heterocycles. The number of halogens is 1. The highest BCUT2D eigenvalue weighted by molar-refractivity contribution is 6.23. The van der Waals surface area contributed by atoms with Gasteiger partial charge in [0.15, 0.2) is 5.79 Å². The molecule has 9 nitrogen and oxygen atoms in total. The van der Waals surface area contributed by atoms with Gasteiger partial charge in [-0.3, -0.25) is 0 Å². The summed E-state index contributed by atoms with van der Waals surface area (Å²) in [7, 11) is 0. The lowest BCUT2D eigenvalue weighted by molar-refractivity contribution is -0.259. The van der Waals surface area contributed by atoms with E-state index in [0.717, 1.165) is 12.0 Å². The van der Waals surface area contributed by atoms with Gasteiger partial charge in [0.1, 0.15) is 30.7 Å². The van der Waals surface area contributed by atoms with Crippen LogP contribution in [0.25, 0.3) is 11.3 Å². The van der Waals surface area contributed by atoms with E-state index < -0.39 is 29.8 Å². The minimum Gasteiger partial charge on any atom is -0.488 e. The van der Waals surface area contributed by atoms with Gasteiger partial charge >= 0.3 is 5.97 Å². The van der Waals surface area contributed by atoms with Crippen LogP contribution in [0.3, 0.4) is 0 Å². The topological polar surface area (TPSA) is 109 Å². The highest BCUT2D eigenvalue weighted by Gasteiger charge is 2.62. The van der Waals surface area contributed by atoms with Crippen LogP contribution in [0.2, 0.25) is 0 Å². The van der Waals surface area contributed by atoms with Crippen molar-refractivity contribution < 1.29 is 33.6 Å². The second-order valence-corrected chi connectivity index (χ2v) is 9.04. The van der Waals surface area contributed by atoms with E-state index in [1.807, 2.05) is 24.3 Å². The first-order chi connectivity index (χ1) is 15.3. The molecule has 1 aromatic heterocycles. The second-order valence-electron chi connectivity index (χ2n) is 8.48. The van der Waals surface area contributed by atoms with Crippen LogP contribution in [0.4, 0.5) is 0 Å². The molecule has 1 saturated carbocycles. The van der Waals surface area contributed by atoms with Crippen LogP contribution in [-0.2, 0) is 18.9 Å². The molecule has 1 N–H and O–H groups in total. The molecule has 3 aliphatic rings. The summed E-state index contributed by atoms with van der Waals surface area (Å²) >= 11 is 6.06. The fourth-order valence-electron chi connectivity index (χ4n) is 3.89. The Morgan fingerprint density at radius 3 is 2.88 bits per heavy atom. The number of esters is 1. The SMILES string of the molecule is CC1(C)OC2C(O)COC2(COC(=O)c2nccc(-c3ccccc3OC3CC3Cl)n2)O1. The molecule has 5 rings (SSSR count). The lowest BCUT2D eigenvalue weighted by atomic mass is 10.1. The van der Waals surface area contributed by atoms with Crippen LogP contribution in [0, 0.1) is 0 Å². The normalized spacial score (nSPS) is 32.4. The van der Waals surface area contributed by atoms with E-state index >= 15 is 0 Å². The molecular weight excluding hydrogens is 440 g/mol. The zero-order valence-corrected chi connectivity index (χ0v) is 18.3. The van der Waals surface area contributed by atoms with Gasteiger partial charge in [0, 0.05) is 18.2 Å². The number of fused-ring (bicyclic) bond motifs is 1. The van der Waals surface area contributed by atoms with Gasteiger partial charge in [0.2, 0.25) is 11.6 Å². The average molecular weight is 463 g/mol. The maximum Gasteiger partial charge on any atom is 0.376 e. The predicted octanol–water partition coefficient (Wildman–Crippen LogP) is 2.30. The summed E-state index contributed by atoms with van der Waals surface area (Å²) in [5, 5.41) is 10.1. The second kappa shape index (κ2) is 7.93. The molecule has 2 aromatic rings. The van der Waals surface area contributed by atoms with Gasteiger partial charge in [0.05, 0.1) is 17.7 Å². The standard InChI is InChI=1S/C22H23ClN2O7/c1-21(2)31-18-15(26)10-29-22(18,32-21)11-28-20(27)19-24-8-7-14(25-19)12-5-3-4-6-16(12)30-17-9-13(17)23/h3-8,13,15,17-18,26H,9-11H2,1-2H3. The number of nitrogens with zero attached hydrogens (tertiary/aromatic N) is 2. The summed E-state index contributed by atoms with van der Waals surface area (Å²) < 4.78 is 28.5. The van der Waals surface area contributed by atoms with Gasteiger partial charge in [-0.05, 0) is 32.0 Å². The van der Waals surface area contributed by atoms with Crippen molar-refractivity contribution in [2.45, 2.75) is 55.5 Å². The summed E-state index contributed by atoms with van der Waals surface area (Å²) in [5.74, 6) is -2.60. The predicted molar refractivity (Wildman–Crippen MR) is 111 cm³/mol. The maximum atomic E-state index is 12.7. The number of rotatable bonds is 6. The van der Waals surface area contributed by atoms with Crippen LogP contribution < -0.4 is 4.74 Å². The van der Waals surface area contributed by atoms with Gasteiger partial charge in [-0.1, -0.05) is 12.1 Å². The van der Waals surface area contributed by atoms with Crippen LogP contribution in [0.15, 0.2) is 36.5 Å². The number of ether oxygens (including phenoxy) is 5. The summed E-state index contributed by atoms with van der Waals surface area (Å²) in [6.07, 6.45) is 0.586. The number of para-hydroxylation sites is 1. The molecule has 0 radical (unpaired) electrons. The van der Waals surface area contributed by atoms with Crippen molar-refractivity contribution in [1.29, 1.82) is 0 Å². The van der Waals surface area contributed by atoms with E-state index in [2.05, 4.69) is 9.97 Å². The molecule has 170 valence electrons. The molecule has 32 heavy (non-hydrogen) atoms. The lowest BCUT2D eigenvalue weighted by Crippen LogP contribution is -2.45. The largest absolute Gasteiger partial charge is 0.488 e. The first-order valence-corrected chi connectivity index (χ1v) is 10.8. The number of aromatic nitrogens is 2. The molecule has 2 aliphatic heterocycles. The van der Waals surface area contributed by atoms with Crippen molar-refractivity contribution in [2.75, 3.05) is 13.2 Å². The minimum atomic E-state index is -1.38.